The van der Waals surface area contributed by atoms with Crippen LogP contribution < -0.4 is 0 Å². The van der Waals surface area contributed by atoms with E-state index < -0.39 is 6.10 Å². The number of thiophene rings is 1. The minimum atomic E-state index is -0.507. The van der Waals surface area contributed by atoms with Crippen molar-refractivity contribution < 1.29 is 14.6 Å². The van der Waals surface area contributed by atoms with Gasteiger partial charge in [0.1, 0.15) is 0 Å². The van der Waals surface area contributed by atoms with E-state index >= 15 is 0 Å². The summed E-state index contributed by atoms with van der Waals surface area (Å²) >= 11 is 4.92. The maximum atomic E-state index is 9.87. The third-order valence-electron chi connectivity index (χ3n) is 2.05. The third-order valence-corrected chi connectivity index (χ3v) is 4.03. The summed E-state index contributed by atoms with van der Waals surface area (Å²) in [7, 11) is 0. The van der Waals surface area contributed by atoms with Gasteiger partial charge >= 0.3 is 0 Å². The molecule has 14 heavy (non-hydrogen) atoms. The first-order valence-electron chi connectivity index (χ1n) is 4.41. The molecule has 1 saturated heterocycles. The molecule has 3 nitrogen and oxygen atoms in total. The standard InChI is InChI=1S/C9H11BrO3S/c10-6-1-4-14-9(6)7(11)5-8-12-2-3-13-8/h1,4,7-8,11H,2-3,5H2. The van der Waals surface area contributed by atoms with E-state index in [2.05, 4.69) is 15.9 Å². The largest absolute Gasteiger partial charge is 0.387 e. The molecule has 1 N–H and O–H groups in total. The summed E-state index contributed by atoms with van der Waals surface area (Å²) in [4.78, 5) is 0.934. The monoisotopic (exact) mass is 278 g/mol. The van der Waals surface area contributed by atoms with E-state index in [1.807, 2.05) is 11.4 Å². The fourth-order valence-electron chi connectivity index (χ4n) is 1.38. The minimum Gasteiger partial charge on any atom is -0.387 e. The zero-order valence-corrected chi connectivity index (χ0v) is 9.88. The van der Waals surface area contributed by atoms with Crippen molar-refractivity contribution in [3.8, 4) is 0 Å². The molecule has 0 radical (unpaired) electrons. The second-order valence-corrected chi connectivity index (χ2v) is 4.86. The Kier molecular flexibility index (Phi) is 3.57. The van der Waals surface area contributed by atoms with Crippen molar-refractivity contribution in [2.24, 2.45) is 0 Å². The van der Waals surface area contributed by atoms with Crippen LogP contribution in [0, 0.1) is 0 Å². The molecule has 1 aliphatic heterocycles. The highest BCUT2D eigenvalue weighted by Crippen LogP contribution is 2.32. The molecular weight excluding hydrogens is 268 g/mol. The molecule has 2 heterocycles. The van der Waals surface area contributed by atoms with Crippen LogP contribution in [0.25, 0.3) is 0 Å². The first-order valence-corrected chi connectivity index (χ1v) is 6.09. The third kappa shape index (κ3) is 2.35. The Hall–Kier alpha value is 0.0600. The van der Waals surface area contributed by atoms with Gasteiger partial charge in [0.2, 0.25) is 0 Å². The summed E-state index contributed by atoms with van der Waals surface area (Å²) in [6, 6.07) is 1.93. The van der Waals surface area contributed by atoms with Crippen LogP contribution in [0.4, 0.5) is 0 Å². The van der Waals surface area contributed by atoms with E-state index in [0.29, 0.717) is 19.6 Å². The van der Waals surface area contributed by atoms with Gasteiger partial charge in [-0.05, 0) is 27.4 Å². The minimum absolute atomic E-state index is 0.251. The first kappa shape index (κ1) is 10.6. The normalized spacial score (nSPS) is 20.1. The van der Waals surface area contributed by atoms with Crippen LogP contribution in [0.15, 0.2) is 15.9 Å². The molecule has 5 heteroatoms. The molecule has 0 amide bonds. The Morgan fingerprint density at radius 1 is 1.57 bits per heavy atom. The summed E-state index contributed by atoms with van der Waals surface area (Å²) in [6.07, 6.45) is -0.259. The molecule has 0 aliphatic carbocycles. The molecular formula is C9H11BrO3S. The van der Waals surface area contributed by atoms with Crippen molar-refractivity contribution in [1.29, 1.82) is 0 Å². The molecule has 2 rings (SSSR count). The second kappa shape index (κ2) is 4.72. The van der Waals surface area contributed by atoms with Gasteiger partial charge in [-0.2, -0.15) is 0 Å². The zero-order valence-electron chi connectivity index (χ0n) is 7.48. The Labute approximate surface area is 94.8 Å². The molecule has 78 valence electrons. The van der Waals surface area contributed by atoms with Crippen molar-refractivity contribution in [3.05, 3.63) is 20.8 Å². The average Bonchev–Trinajstić information content (AvgIpc) is 2.75. The molecule has 1 atom stereocenters. The summed E-state index contributed by atoms with van der Waals surface area (Å²) in [5.41, 5.74) is 0. The Bertz CT molecular complexity index is 296. The van der Waals surface area contributed by atoms with Crippen molar-refractivity contribution in [2.75, 3.05) is 13.2 Å². The van der Waals surface area contributed by atoms with Gasteiger partial charge in [-0.1, -0.05) is 0 Å². The van der Waals surface area contributed by atoms with Crippen molar-refractivity contribution >= 4 is 27.3 Å². The molecule has 1 aliphatic rings. The van der Waals surface area contributed by atoms with Crippen LogP contribution in [-0.2, 0) is 9.47 Å². The highest BCUT2D eigenvalue weighted by Gasteiger charge is 2.22. The van der Waals surface area contributed by atoms with Crippen LogP contribution >= 0.6 is 27.3 Å². The number of hydrogen-bond acceptors (Lipinski definition) is 4. The smallest absolute Gasteiger partial charge is 0.160 e. The van der Waals surface area contributed by atoms with Gasteiger partial charge in [0.05, 0.1) is 19.3 Å². The molecule has 1 aromatic heterocycles. The van der Waals surface area contributed by atoms with Gasteiger partial charge in [-0.15, -0.1) is 11.3 Å². The molecule has 1 unspecified atom stereocenters. The van der Waals surface area contributed by atoms with E-state index in [1.54, 1.807) is 0 Å². The van der Waals surface area contributed by atoms with Gasteiger partial charge in [0, 0.05) is 15.8 Å². The maximum absolute atomic E-state index is 9.87. The predicted octanol–water partition coefficient (Wildman–Crippen LogP) is 2.31. The predicted molar refractivity (Wildman–Crippen MR) is 57.3 cm³/mol. The Morgan fingerprint density at radius 2 is 2.29 bits per heavy atom. The van der Waals surface area contributed by atoms with Gasteiger partial charge in [0.25, 0.3) is 0 Å². The van der Waals surface area contributed by atoms with Crippen molar-refractivity contribution in [1.82, 2.24) is 0 Å². The number of aliphatic hydroxyl groups excluding tert-OH is 1. The summed E-state index contributed by atoms with van der Waals surface area (Å²) < 4.78 is 11.5. The molecule has 0 aromatic carbocycles. The molecule has 0 spiro atoms. The summed E-state index contributed by atoms with van der Waals surface area (Å²) in [5, 5.41) is 11.8. The number of hydrogen-bond donors (Lipinski definition) is 1. The van der Waals surface area contributed by atoms with Crippen molar-refractivity contribution in [3.63, 3.8) is 0 Å². The van der Waals surface area contributed by atoms with Crippen LogP contribution in [0.2, 0.25) is 0 Å². The lowest BCUT2D eigenvalue weighted by molar-refractivity contribution is -0.0703. The maximum Gasteiger partial charge on any atom is 0.160 e. The van der Waals surface area contributed by atoms with Gasteiger partial charge < -0.3 is 14.6 Å². The van der Waals surface area contributed by atoms with Gasteiger partial charge in [0.15, 0.2) is 6.29 Å². The first-order chi connectivity index (χ1) is 6.77. The fraction of sp³-hybridized carbons (Fsp3) is 0.556. The zero-order chi connectivity index (χ0) is 9.97. The topological polar surface area (TPSA) is 38.7 Å². The average molecular weight is 279 g/mol. The molecule has 0 bridgehead atoms. The van der Waals surface area contributed by atoms with Crippen LogP contribution in [-0.4, -0.2) is 24.6 Å². The lowest BCUT2D eigenvalue weighted by Gasteiger charge is -2.13. The van der Waals surface area contributed by atoms with Gasteiger partial charge in [-0.3, -0.25) is 0 Å². The van der Waals surface area contributed by atoms with E-state index in [1.165, 1.54) is 11.3 Å². The van der Waals surface area contributed by atoms with Crippen LogP contribution in [0.3, 0.4) is 0 Å². The molecule has 1 fully saturated rings. The van der Waals surface area contributed by atoms with Gasteiger partial charge in [-0.25, -0.2) is 0 Å². The lowest BCUT2D eigenvalue weighted by Crippen LogP contribution is -2.12. The van der Waals surface area contributed by atoms with E-state index in [9.17, 15) is 5.11 Å². The van der Waals surface area contributed by atoms with Crippen molar-refractivity contribution in [2.45, 2.75) is 18.8 Å². The summed E-state index contributed by atoms with van der Waals surface area (Å²) in [5.74, 6) is 0. The molecule has 0 saturated carbocycles. The Balaban J connectivity index is 1.95. The van der Waals surface area contributed by atoms with Crippen LogP contribution in [0.5, 0.6) is 0 Å². The highest BCUT2D eigenvalue weighted by molar-refractivity contribution is 9.10. The van der Waals surface area contributed by atoms with E-state index in [4.69, 9.17) is 9.47 Å². The number of ether oxygens (including phenoxy) is 2. The highest BCUT2D eigenvalue weighted by atomic mass is 79.9. The SMILES string of the molecule is OC(CC1OCCO1)c1sccc1Br. The number of halogens is 1. The van der Waals surface area contributed by atoms with E-state index in [-0.39, 0.29) is 6.29 Å². The van der Waals surface area contributed by atoms with Crippen LogP contribution in [0.1, 0.15) is 17.4 Å². The molecule has 1 aromatic rings. The number of rotatable bonds is 3. The second-order valence-electron chi connectivity index (χ2n) is 3.06. The fourth-order valence-corrected chi connectivity index (χ4v) is 3.01. The lowest BCUT2D eigenvalue weighted by atomic mass is 10.2. The quantitative estimate of drug-likeness (QED) is 0.922. The number of aliphatic hydroxyl groups is 1. The van der Waals surface area contributed by atoms with E-state index in [0.717, 1.165) is 9.35 Å². The summed E-state index contributed by atoms with van der Waals surface area (Å²) in [6.45, 7) is 1.26. The Morgan fingerprint density at radius 3 is 2.86 bits per heavy atom.